The van der Waals surface area contributed by atoms with E-state index in [0.717, 1.165) is 51.4 Å². The van der Waals surface area contributed by atoms with E-state index in [-0.39, 0.29) is 32.0 Å². The molecule has 1 fully saturated rings. The van der Waals surface area contributed by atoms with Crippen LogP contribution in [0.1, 0.15) is 181 Å². The Bertz CT molecular complexity index is 779. The average molecular weight is 703 g/mol. The Hall–Kier alpha value is -1.30. The van der Waals surface area contributed by atoms with Gasteiger partial charge in [-0.15, -0.1) is 0 Å². The van der Waals surface area contributed by atoms with E-state index in [1.165, 1.54) is 96.3 Å². The van der Waals surface area contributed by atoms with E-state index >= 15 is 0 Å². The topological polar surface area (TPSA) is 152 Å². The Morgan fingerprint density at radius 3 is 1.39 bits per heavy atom. The Balaban J connectivity index is 2.24. The van der Waals surface area contributed by atoms with Gasteiger partial charge in [0.25, 0.3) is 0 Å². The van der Waals surface area contributed by atoms with Gasteiger partial charge in [0.15, 0.2) is 12.4 Å². The summed E-state index contributed by atoms with van der Waals surface area (Å²) in [6.07, 6.45) is 21.6. The smallest absolute Gasteiger partial charge is 0.306 e. The van der Waals surface area contributed by atoms with Crippen LogP contribution >= 0.6 is 0 Å². The van der Waals surface area contributed by atoms with Crippen molar-refractivity contribution in [1.29, 1.82) is 0 Å². The first kappa shape index (κ1) is 45.7. The molecule has 290 valence electrons. The van der Waals surface area contributed by atoms with Crippen LogP contribution in [0.2, 0.25) is 0 Å². The SMILES string of the molecule is CCCCCCCCCCCCCCCCCCCCCC(=O)OC(COC(=O)CCCCCCC)COC1OC(CO)C(O)C(O)C1O. The summed E-state index contributed by atoms with van der Waals surface area (Å²) in [5.41, 5.74) is 0. The minimum Gasteiger partial charge on any atom is -0.462 e. The van der Waals surface area contributed by atoms with Gasteiger partial charge in [-0.05, 0) is 12.8 Å². The molecule has 10 nitrogen and oxygen atoms in total. The van der Waals surface area contributed by atoms with E-state index in [2.05, 4.69) is 13.8 Å². The van der Waals surface area contributed by atoms with Crippen molar-refractivity contribution in [1.82, 2.24) is 0 Å². The molecule has 1 aliphatic rings. The Morgan fingerprint density at radius 2 is 0.959 bits per heavy atom. The Kier molecular flexibility index (Phi) is 29.3. The van der Waals surface area contributed by atoms with Crippen molar-refractivity contribution < 1.29 is 49.0 Å². The fraction of sp³-hybridized carbons (Fsp3) is 0.949. The van der Waals surface area contributed by atoms with E-state index in [1.54, 1.807) is 0 Å². The van der Waals surface area contributed by atoms with Gasteiger partial charge in [-0.3, -0.25) is 9.59 Å². The minimum absolute atomic E-state index is 0.212. The summed E-state index contributed by atoms with van der Waals surface area (Å²) in [6, 6.07) is 0. The second-order valence-electron chi connectivity index (χ2n) is 14.1. The van der Waals surface area contributed by atoms with Crippen molar-refractivity contribution in [2.45, 2.75) is 218 Å². The fourth-order valence-electron chi connectivity index (χ4n) is 6.25. The molecule has 0 saturated carbocycles. The number of rotatable bonds is 33. The lowest BCUT2D eigenvalue weighted by Gasteiger charge is -2.39. The fourth-order valence-corrected chi connectivity index (χ4v) is 6.25. The van der Waals surface area contributed by atoms with Gasteiger partial charge in [-0.2, -0.15) is 0 Å². The molecule has 0 radical (unpaired) electrons. The lowest BCUT2D eigenvalue weighted by molar-refractivity contribution is -0.305. The molecule has 1 rings (SSSR count). The minimum atomic E-state index is -1.59. The number of aliphatic hydroxyl groups is 4. The predicted octanol–water partition coefficient (Wildman–Crippen LogP) is 7.44. The highest BCUT2D eigenvalue weighted by molar-refractivity contribution is 5.70. The second kappa shape index (κ2) is 31.4. The lowest BCUT2D eigenvalue weighted by Crippen LogP contribution is -2.59. The number of esters is 2. The van der Waals surface area contributed by atoms with Gasteiger partial charge in [0, 0.05) is 12.8 Å². The predicted molar refractivity (Wildman–Crippen MR) is 192 cm³/mol. The largest absolute Gasteiger partial charge is 0.462 e. The van der Waals surface area contributed by atoms with Gasteiger partial charge in [0.1, 0.15) is 31.0 Å². The van der Waals surface area contributed by atoms with Crippen molar-refractivity contribution in [3.05, 3.63) is 0 Å². The van der Waals surface area contributed by atoms with Crippen LogP contribution in [-0.4, -0.2) is 89.0 Å². The lowest BCUT2D eigenvalue weighted by atomic mass is 9.99. The average Bonchev–Trinajstić information content (AvgIpc) is 3.10. The molecule has 49 heavy (non-hydrogen) atoms. The zero-order valence-electron chi connectivity index (χ0n) is 31.2. The van der Waals surface area contributed by atoms with Gasteiger partial charge >= 0.3 is 11.9 Å². The molecular weight excluding hydrogens is 628 g/mol. The monoisotopic (exact) mass is 703 g/mol. The van der Waals surface area contributed by atoms with Gasteiger partial charge < -0.3 is 39.4 Å². The zero-order valence-corrected chi connectivity index (χ0v) is 31.2. The molecule has 0 aliphatic carbocycles. The van der Waals surface area contributed by atoms with E-state index in [4.69, 9.17) is 18.9 Å². The molecule has 6 atom stereocenters. The molecule has 0 aromatic rings. The molecular formula is C39H74O10. The van der Waals surface area contributed by atoms with Crippen molar-refractivity contribution >= 4 is 11.9 Å². The summed E-state index contributed by atoms with van der Waals surface area (Å²) >= 11 is 0. The number of unbranched alkanes of at least 4 members (excludes halogenated alkanes) is 22. The number of aliphatic hydroxyl groups excluding tert-OH is 4. The summed E-state index contributed by atoms with van der Waals surface area (Å²) < 4.78 is 21.9. The number of hydrogen-bond acceptors (Lipinski definition) is 10. The number of carbonyl (C=O) groups is 2. The molecule has 10 heteroatoms. The molecule has 4 N–H and O–H groups in total. The van der Waals surface area contributed by atoms with Gasteiger partial charge in [-0.25, -0.2) is 0 Å². The highest BCUT2D eigenvalue weighted by Gasteiger charge is 2.44. The van der Waals surface area contributed by atoms with Crippen LogP contribution in [0.25, 0.3) is 0 Å². The summed E-state index contributed by atoms with van der Waals surface area (Å²) in [7, 11) is 0. The van der Waals surface area contributed by atoms with Gasteiger partial charge in [-0.1, -0.05) is 155 Å². The maximum Gasteiger partial charge on any atom is 0.306 e. The summed E-state index contributed by atoms with van der Waals surface area (Å²) in [4.78, 5) is 24.9. The first-order chi connectivity index (χ1) is 23.8. The van der Waals surface area contributed by atoms with Crippen molar-refractivity contribution in [2.75, 3.05) is 19.8 Å². The number of carbonyl (C=O) groups excluding carboxylic acids is 2. The Morgan fingerprint density at radius 1 is 0.551 bits per heavy atom. The number of ether oxygens (including phenoxy) is 4. The first-order valence-corrected chi connectivity index (χ1v) is 20.1. The van der Waals surface area contributed by atoms with Crippen molar-refractivity contribution in [3.8, 4) is 0 Å². The van der Waals surface area contributed by atoms with Crippen LogP contribution in [0.15, 0.2) is 0 Å². The quantitative estimate of drug-likeness (QED) is 0.0401. The highest BCUT2D eigenvalue weighted by atomic mass is 16.7. The first-order valence-electron chi connectivity index (χ1n) is 20.1. The molecule has 1 saturated heterocycles. The molecule has 0 amide bonds. The van der Waals surface area contributed by atoms with Crippen LogP contribution in [0.3, 0.4) is 0 Å². The molecule has 6 unspecified atom stereocenters. The van der Waals surface area contributed by atoms with Crippen LogP contribution in [0.4, 0.5) is 0 Å². The van der Waals surface area contributed by atoms with Crippen LogP contribution in [-0.2, 0) is 28.5 Å². The van der Waals surface area contributed by atoms with Crippen molar-refractivity contribution in [2.24, 2.45) is 0 Å². The standard InChI is InChI=1S/C39H74O10/c1-3-5-7-9-10-11-12-13-14-15-16-17-18-19-20-21-22-24-26-28-35(42)48-32(30-46-34(41)27-25-23-8-6-4-2)31-47-39-38(45)37(44)36(43)33(29-40)49-39/h32-33,36-40,43-45H,3-31H2,1-2H3. The molecule has 0 aromatic heterocycles. The van der Waals surface area contributed by atoms with Crippen LogP contribution < -0.4 is 0 Å². The van der Waals surface area contributed by atoms with Gasteiger partial charge in [0.2, 0.25) is 0 Å². The summed E-state index contributed by atoms with van der Waals surface area (Å²) in [5.74, 6) is -0.811. The third-order valence-electron chi connectivity index (χ3n) is 9.49. The normalized spacial score (nSPS) is 21.5. The molecule has 0 bridgehead atoms. The molecule has 1 aliphatic heterocycles. The molecule has 1 heterocycles. The maximum absolute atomic E-state index is 12.7. The van der Waals surface area contributed by atoms with Crippen LogP contribution in [0.5, 0.6) is 0 Å². The Labute approximate surface area is 298 Å². The van der Waals surface area contributed by atoms with E-state index in [1.807, 2.05) is 0 Å². The van der Waals surface area contributed by atoms with E-state index in [9.17, 15) is 30.0 Å². The van der Waals surface area contributed by atoms with Crippen LogP contribution in [0, 0.1) is 0 Å². The maximum atomic E-state index is 12.7. The third-order valence-corrected chi connectivity index (χ3v) is 9.49. The highest BCUT2D eigenvalue weighted by Crippen LogP contribution is 2.22. The van der Waals surface area contributed by atoms with Crippen molar-refractivity contribution in [3.63, 3.8) is 0 Å². The van der Waals surface area contributed by atoms with Gasteiger partial charge in [0.05, 0.1) is 13.2 Å². The van der Waals surface area contributed by atoms with E-state index < -0.39 is 49.4 Å². The summed E-state index contributed by atoms with van der Waals surface area (Å²) in [6.45, 7) is 3.33. The zero-order chi connectivity index (χ0) is 36.0. The number of hydrogen-bond donors (Lipinski definition) is 4. The van der Waals surface area contributed by atoms with E-state index in [0.29, 0.717) is 6.42 Å². The second-order valence-corrected chi connectivity index (χ2v) is 14.1. The summed E-state index contributed by atoms with van der Waals surface area (Å²) in [5, 5.41) is 39.8. The molecule has 0 spiro atoms. The molecule has 0 aromatic carbocycles. The third kappa shape index (κ3) is 23.7.